The number of halogens is 2. The molecule has 1 aromatic carbocycles. The standard InChI is InChI=1S/C15H15F2N3O/c1-8(2)20-15-12(7-18-20)10(6-14(21)19-15)11-5-9(16)3-4-13(11)17/h3-5,7-8,10H,6H2,1-2H3,(H,19,21)/t10-/m0/s1. The van der Waals surface area contributed by atoms with Gasteiger partial charge in [0, 0.05) is 23.9 Å². The maximum absolute atomic E-state index is 14.0. The van der Waals surface area contributed by atoms with E-state index in [1.807, 2.05) is 13.8 Å². The molecule has 1 aliphatic rings. The molecule has 1 aromatic heterocycles. The molecule has 0 saturated heterocycles. The molecule has 0 aliphatic carbocycles. The van der Waals surface area contributed by atoms with E-state index in [2.05, 4.69) is 10.4 Å². The zero-order chi connectivity index (χ0) is 15.1. The van der Waals surface area contributed by atoms with Gasteiger partial charge in [-0.1, -0.05) is 0 Å². The van der Waals surface area contributed by atoms with Crippen molar-refractivity contribution >= 4 is 11.7 Å². The van der Waals surface area contributed by atoms with Crippen LogP contribution in [-0.4, -0.2) is 15.7 Å². The van der Waals surface area contributed by atoms with Crippen molar-refractivity contribution in [3.63, 3.8) is 0 Å². The molecule has 6 heteroatoms. The van der Waals surface area contributed by atoms with Gasteiger partial charge < -0.3 is 5.32 Å². The van der Waals surface area contributed by atoms with Gasteiger partial charge in [0.25, 0.3) is 0 Å². The van der Waals surface area contributed by atoms with Crippen LogP contribution in [0.25, 0.3) is 0 Å². The summed E-state index contributed by atoms with van der Waals surface area (Å²) in [6.07, 6.45) is 1.70. The summed E-state index contributed by atoms with van der Waals surface area (Å²) >= 11 is 0. The van der Waals surface area contributed by atoms with Gasteiger partial charge in [-0.25, -0.2) is 13.5 Å². The monoisotopic (exact) mass is 291 g/mol. The molecular formula is C15H15F2N3O. The Balaban J connectivity index is 2.13. The number of fused-ring (bicyclic) bond motifs is 1. The predicted octanol–water partition coefficient (Wildman–Crippen LogP) is 3.22. The maximum atomic E-state index is 14.0. The molecule has 110 valence electrons. The molecule has 1 aliphatic heterocycles. The van der Waals surface area contributed by atoms with Crippen molar-refractivity contribution in [2.75, 3.05) is 5.32 Å². The second-order valence-corrected chi connectivity index (χ2v) is 5.46. The lowest BCUT2D eigenvalue weighted by molar-refractivity contribution is -0.116. The van der Waals surface area contributed by atoms with Crippen molar-refractivity contribution in [2.45, 2.75) is 32.2 Å². The van der Waals surface area contributed by atoms with E-state index in [1.54, 1.807) is 10.9 Å². The maximum Gasteiger partial charge on any atom is 0.226 e. The van der Waals surface area contributed by atoms with E-state index in [4.69, 9.17) is 0 Å². The highest BCUT2D eigenvalue weighted by Crippen LogP contribution is 2.39. The summed E-state index contributed by atoms with van der Waals surface area (Å²) in [5.74, 6) is -1.21. The molecule has 0 bridgehead atoms. The molecule has 0 spiro atoms. The largest absolute Gasteiger partial charge is 0.311 e. The number of benzene rings is 1. The van der Waals surface area contributed by atoms with Crippen LogP contribution in [0.15, 0.2) is 24.4 Å². The van der Waals surface area contributed by atoms with E-state index in [9.17, 15) is 13.6 Å². The number of rotatable bonds is 2. The molecule has 0 radical (unpaired) electrons. The van der Waals surface area contributed by atoms with Crippen LogP contribution >= 0.6 is 0 Å². The molecule has 1 amide bonds. The van der Waals surface area contributed by atoms with Crippen molar-refractivity contribution < 1.29 is 13.6 Å². The summed E-state index contributed by atoms with van der Waals surface area (Å²) in [6.45, 7) is 3.87. The number of anilines is 1. The van der Waals surface area contributed by atoms with Crippen molar-refractivity contribution in [3.05, 3.63) is 47.2 Å². The molecule has 3 rings (SSSR count). The molecule has 4 nitrogen and oxygen atoms in total. The zero-order valence-electron chi connectivity index (χ0n) is 11.7. The fourth-order valence-corrected chi connectivity index (χ4v) is 2.69. The van der Waals surface area contributed by atoms with Gasteiger partial charge in [-0.15, -0.1) is 0 Å². The number of carbonyl (C=O) groups excluding carboxylic acids is 1. The number of hydrogen-bond acceptors (Lipinski definition) is 2. The van der Waals surface area contributed by atoms with Gasteiger partial charge >= 0.3 is 0 Å². The minimum Gasteiger partial charge on any atom is -0.311 e. The van der Waals surface area contributed by atoms with Crippen LogP contribution in [0.3, 0.4) is 0 Å². The van der Waals surface area contributed by atoms with Crippen LogP contribution in [0.4, 0.5) is 14.6 Å². The van der Waals surface area contributed by atoms with Crippen molar-refractivity contribution in [3.8, 4) is 0 Å². The number of hydrogen-bond donors (Lipinski definition) is 1. The smallest absolute Gasteiger partial charge is 0.226 e. The quantitative estimate of drug-likeness (QED) is 0.923. The summed E-state index contributed by atoms with van der Waals surface area (Å²) in [5.41, 5.74) is 0.905. The summed E-state index contributed by atoms with van der Waals surface area (Å²) in [7, 11) is 0. The molecule has 0 fully saturated rings. The van der Waals surface area contributed by atoms with E-state index >= 15 is 0 Å². The third kappa shape index (κ3) is 2.30. The lowest BCUT2D eigenvalue weighted by atomic mass is 9.87. The number of nitrogens with one attached hydrogen (secondary N) is 1. The highest BCUT2D eigenvalue weighted by atomic mass is 19.1. The first-order valence-corrected chi connectivity index (χ1v) is 6.79. The van der Waals surface area contributed by atoms with Gasteiger partial charge in [0.1, 0.15) is 17.5 Å². The number of aromatic nitrogens is 2. The van der Waals surface area contributed by atoms with Crippen LogP contribution in [-0.2, 0) is 4.79 Å². The molecular weight excluding hydrogens is 276 g/mol. The van der Waals surface area contributed by atoms with Gasteiger partial charge in [-0.2, -0.15) is 5.10 Å². The molecule has 1 atom stereocenters. The Bertz CT molecular complexity index is 709. The molecule has 1 N–H and O–H groups in total. The van der Waals surface area contributed by atoms with E-state index in [-0.39, 0.29) is 23.9 Å². The number of nitrogens with zero attached hydrogens (tertiary/aromatic N) is 2. The van der Waals surface area contributed by atoms with Crippen LogP contribution in [0.2, 0.25) is 0 Å². The molecule has 21 heavy (non-hydrogen) atoms. The number of amides is 1. The summed E-state index contributed by atoms with van der Waals surface area (Å²) in [4.78, 5) is 11.9. The van der Waals surface area contributed by atoms with Gasteiger partial charge in [-0.3, -0.25) is 4.79 Å². The first-order valence-electron chi connectivity index (χ1n) is 6.79. The first kappa shape index (κ1) is 13.7. The SMILES string of the molecule is CC(C)n1ncc2c1NC(=O)C[C@H]2c1cc(F)ccc1F. The van der Waals surface area contributed by atoms with Gasteiger partial charge in [0.2, 0.25) is 5.91 Å². The lowest BCUT2D eigenvalue weighted by Crippen LogP contribution is -2.25. The fourth-order valence-electron chi connectivity index (χ4n) is 2.69. The van der Waals surface area contributed by atoms with Gasteiger partial charge in [0.15, 0.2) is 0 Å². The van der Waals surface area contributed by atoms with E-state index < -0.39 is 17.6 Å². The second-order valence-electron chi connectivity index (χ2n) is 5.46. The Kier molecular flexibility index (Phi) is 3.23. The fraction of sp³-hybridized carbons (Fsp3) is 0.333. The van der Waals surface area contributed by atoms with Crippen molar-refractivity contribution in [1.29, 1.82) is 0 Å². The van der Waals surface area contributed by atoms with Crippen LogP contribution < -0.4 is 5.32 Å². The Morgan fingerprint density at radius 3 is 2.81 bits per heavy atom. The van der Waals surface area contributed by atoms with Gasteiger partial charge in [-0.05, 0) is 37.6 Å². The van der Waals surface area contributed by atoms with Gasteiger partial charge in [0.05, 0.1) is 6.20 Å². The Hall–Kier alpha value is -2.24. The number of carbonyl (C=O) groups is 1. The summed E-state index contributed by atoms with van der Waals surface area (Å²) in [5, 5.41) is 7.01. The van der Waals surface area contributed by atoms with Crippen LogP contribution in [0, 0.1) is 11.6 Å². The topological polar surface area (TPSA) is 46.9 Å². The Morgan fingerprint density at radius 2 is 2.10 bits per heavy atom. The Morgan fingerprint density at radius 1 is 1.33 bits per heavy atom. The molecule has 0 unspecified atom stereocenters. The Labute approximate surface area is 120 Å². The van der Waals surface area contributed by atoms with E-state index in [0.717, 1.165) is 18.2 Å². The third-order valence-corrected chi connectivity index (χ3v) is 3.67. The summed E-state index contributed by atoms with van der Waals surface area (Å²) in [6, 6.07) is 3.36. The summed E-state index contributed by atoms with van der Waals surface area (Å²) < 4.78 is 29.1. The zero-order valence-corrected chi connectivity index (χ0v) is 11.7. The minimum atomic E-state index is -0.518. The van der Waals surface area contributed by atoms with Crippen molar-refractivity contribution in [1.82, 2.24) is 9.78 Å². The minimum absolute atomic E-state index is 0.0603. The normalized spacial score (nSPS) is 17.8. The second kappa shape index (κ2) is 4.95. The molecule has 2 aromatic rings. The van der Waals surface area contributed by atoms with Crippen molar-refractivity contribution in [2.24, 2.45) is 0 Å². The van der Waals surface area contributed by atoms with E-state index in [0.29, 0.717) is 11.4 Å². The first-order chi connectivity index (χ1) is 9.97. The highest BCUT2D eigenvalue weighted by Gasteiger charge is 2.32. The van der Waals surface area contributed by atoms with Crippen LogP contribution in [0.5, 0.6) is 0 Å². The molecule has 0 saturated carbocycles. The van der Waals surface area contributed by atoms with E-state index in [1.165, 1.54) is 0 Å². The molecule has 2 heterocycles. The average Bonchev–Trinajstić information content (AvgIpc) is 2.84. The van der Waals surface area contributed by atoms with Crippen LogP contribution in [0.1, 0.15) is 43.4 Å². The third-order valence-electron chi connectivity index (χ3n) is 3.67. The highest BCUT2D eigenvalue weighted by molar-refractivity contribution is 5.94. The predicted molar refractivity (Wildman–Crippen MR) is 74.1 cm³/mol. The lowest BCUT2D eigenvalue weighted by Gasteiger charge is -2.24. The average molecular weight is 291 g/mol.